The summed E-state index contributed by atoms with van der Waals surface area (Å²) >= 11 is 3.46. The normalized spacial score (nSPS) is 24.9. The summed E-state index contributed by atoms with van der Waals surface area (Å²) in [6.07, 6.45) is 4.87. The maximum atomic E-state index is 12.8. The number of nitrogens with zero attached hydrogens (tertiary/aromatic N) is 2. The van der Waals surface area contributed by atoms with Gasteiger partial charge in [0.25, 0.3) is 0 Å². The van der Waals surface area contributed by atoms with E-state index in [1.807, 2.05) is 56.1 Å². The summed E-state index contributed by atoms with van der Waals surface area (Å²) in [5.74, 6) is 1.32. The van der Waals surface area contributed by atoms with Gasteiger partial charge in [0.1, 0.15) is 11.4 Å². The maximum absolute atomic E-state index is 12.8. The zero-order valence-corrected chi connectivity index (χ0v) is 16.9. The number of imidazole rings is 1. The van der Waals surface area contributed by atoms with E-state index in [4.69, 9.17) is 4.74 Å². The Hall–Kier alpha value is -1.82. The van der Waals surface area contributed by atoms with Gasteiger partial charge < -0.3 is 9.72 Å². The molecule has 2 bridgehead atoms. The Bertz CT molecular complexity index is 809. The lowest BCUT2D eigenvalue weighted by Crippen LogP contribution is -2.43. The van der Waals surface area contributed by atoms with Crippen LogP contribution in [0, 0.1) is 5.92 Å². The summed E-state index contributed by atoms with van der Waals surface area (Å²) < 4.78 is 6.72. The Morgan fingerprint density at radius 1 is 1.27 bits per heavy atom. The van der Waals surface area contributed by atoms with Crippen molar-refractivity contribution in [1.29, 1.82) is 0 Å². The second kappa shape index (κ2) is 6.41. The van der Waals surface area contributed by atoms with Crippen molar-refractivity contribution < 1.29 is 9.53 Å². The maximum Gasteiger partial charge on any atom is 0.411 e. The molecule has 1 aromatic carbocycles. The number of fused-ring (bicyclic) bond motifs is 2. The first kappa shape index (κ1) is 17.6. The van der Waals surface area contributed by atoms with Crippen molar-refractivity contribution in [3.05, 3.63) is 40.8 Å². The lowest BCUT2D eigenvalue weighted by atomic mass is 9.98. The molecule has 2 heterocycles. The van der Waals surface area contributed by atoms with E-state index < -0.39 is 5.60 Å². The second-order valence-electron chi connectivity index (χ2n) is 8.25. The van der Waals surface area contributed by atoms with E-state index in [0.717, 1.165) is 40.8 Å². The fraction of sp³-hybridized carbons (Fsp3) is 0.500. The number of hydrogen-bond acceptors (Lipinski definition) is 3. The molecule has 0 spiro atoms. The number of halogens is 1. The first-order valence-electron chi connectivity index (χ1n) is 9.14. The molecule has 1 amide bonds. The van der Waals surface area contributed by atoms with Crippen LogP contribution in [0.4, 0.5) is 4.79 Å². The van der Waals surface area contributed by atoms with E-state index in [1.165, 1.54) is 0 Å². The summed E-state index contributed by atoms with van der Waals surface area (Å²) in [6.45, 7) is 5.73. The molecule has 1 aromatic heterocycles. The van der Waals surface area contributed by atoms with Gasteiger partial charge in [-0.2, -0.15) is 0 Å². The number of ether oxygens (including phenoxy) is 1. The Kier molecular flexibility index (Phi) is 4.34. The molecule has 3 atom stereocenters. The van der Waals surface area contributed by atoms with E-state index >= 15 is 0 Å². The van der Waals surface area contributed by atoms with Crippen molar-refractivity contribution in [3.8, 4) is 11.3 Å². The summed E-state index contributed by atoms with van der Waals surface area (Å²) in [6, 6.07) is 8.37. The van der Waals surface area contributed by atoms with Crippen LogP contribution in [-0.4, -0.2) is 32.6 Å². The van der Waals surface area contributed by atoms with Crippen LogP contribution >= 0.6 is 15.9 Å². The van der Waals surface area contributed by atoms with E-state index in [0.29, 0.717) is 5.92 Å². The van der Waals surface area contributed by atoms with Gasteiger partial charge in [-0.15, -0.1) is 0 Å². The van der Waals surface area contributed by atoms with E-state index in [9.17, 15) is 4.79 Å². The molecule has 5 nitrogen and oxygen atoms in total. The van der Waals surface area contributed by atoms with Crippen molar-refractivity contribution >= 4 is 22.0 Å². The molecule has 1 N–H and O–H groups in total. The number of rotatable bonds is 2. The SMILES string of the molecule is CC(C)(C)OC(=O)N1C(c2ncc(-c3ccc(Br)cc3)[nH]2)[C@H]2CC[C@@H]1C2. The topological polar surface area (TPSA) is 58.2 Å². The standard InChI is InChI=1S/C20H24BrN3O2/c1-20(2,3)26-19(25)24-15-9-6-13(10-15)17(24)18-22-11-16(23-18)12-4-7-14(21)8-5-12/h4-5,7-8,11,13,15,17H,6,9-10H2,1-3H3,(H,22,23)/t13-,15+,17?/m0/s1. The third kappa shape index (κ3) is 3.27. The molecule has 1 saturated carbocycles. The second-order valence-corrected chi connectivity index (χ2v) is 9.16. The summed E-state index contributed by atoms with van der Waals surface area (Å²) in [7, 11) is 0. The zero-order chi connectivity index (χ0) is 18.5. The average Bonchev–Trinajstić information content (AvgIpc) is 3.28. The fourth-order valence-electron chi connectivity index (χ4n) is 4.18. The van der Waals surface area contributed by atoms with Crippen molar-refractivity contribution in [2.75, 3.05) is 0 Å². The number of likely N-dealkylation sites (tertiary alicyclic amines) is 1. The van der Waals surface area contributed by atoms with Gasteiger partial charge in [0, 0.05) is 10.5 Å². The van der Waals surface area contributed by atoms with Crippen LogP contribution in [0.1, 0.15) is 51.9 Å². The Morgan fingerprint density at radius 3 is 2.69 bits per heavy atom. The highest BCUT2D eigenvalue weighted by molar-refractivity contribution is 9.10. The van der Waals surface area contributed by atoms with Gasteiger partial charge in [-0.1, -0.05) is 28.1 Å². The highest BCUT2D eigenvalue weighted by Crippen LogP contribution is 2.50. The lowest BCUT2D eigenvalue weighted by molar-refractivity contribution is 0.00620. The van der Waals surface area contributed by atoms with Crippen molar-refractivity contribution in [1.82, 2.24) is 14.9 Å². The number of piperidine rings is 1. The molecular formula is C20H24BrN3O2. The van der Waals surface area contributed by atoms with Gasteiger partial charge in [-0.3, -0.25) is 4.90 Å². The molecule has 2 aromatic rings. The molecule has 4 rings (SSSR count). The Labute approximate surface area is 162 Å². The van der Waals surface area contributed by atoms with Gasteiger partial charge in [-0.05, 0) is 63.6 Å². The van der Waals surface area contributed by atoms with Crippen LogP contribution in [0.3, 0.4) is 0 Å². The molecule has 6 heteroatoms. The minimum absolute atomic E-state index is 0.0206. The molecular weight excluding hydrogens is 394 g/mol. The monoisotopic (exact) mass is 417 g/mol. The molecule has 1 saturated heterocycles. The van der Waals surface area contributed by atoms with Crippen LogP contribution in [0.5, 0.6) is 0 Å². The van der Waals surface area contributed by atoms with Gasteiger partial charge in [0.05, 0.1) is 17.9 Å². The highest BCUT2D eigenvalue weighted by Gasteiger charge is 2.51. The number of carbonyl (C=O) groups excluding carboxylic acids is 1. The van der Waals surface area contributed by atoms with E-state index in [-0.39, 0.29) is 18.2 Å². The van der Waals surface area contributed by atoms with Crippen molar-refractivity contribution in [2.45, 2.75) is 57.7 Å². The molecule has 2 aliphatic rings. The minimum Gasteiger partial charge on any atom is -0.444 e. The Balaban J connectivity index is 1.61. The number of hydrogen-bond donors (Lipinski definition) is 1. The third-order valence-corrected chi connectivity index (χ3v) is 5.75. The summed E-state index contributed by atoms with van der Waals surface area (Å²) in [4.78, 5) is 22.8. The van der Waals surface area contributed by atoms with Crippen LogP contribution in [-0.2, 0) is 4.74 Å². The predicted octanol–water partition coefficient (Wildman–Crippen LogP) is 5.30. The van der Waals surface area contributed by atoms with Gasteiger partial charge in [-0.25, -0.2) is 9.78 Å². The number of nitrogens with one attached hydrogen (secondary N) is 1. The van der Waals surface area contributed by atoms with Crippen LogP contribution < -0.4 is 0 Å². The number of aromatic nitrogens is 2. The lowest BCUT2D eigenvalue weighted by Gasteiger charge is -2.35. The number of aromatic amines is 1. The smallest absolute Gasteiger partial charge is 0.411 e. The molecule has 138 valence electrons. The molecule has 26 heavy (non-hydrogen) atoms. The van der Waals surface area contributed by atoms with E-state index in [2.05, 4.69) is 25.9 Å². The quantitative estimate of drug-likeness (QED) is 0.720. The average molecular weight is 418 g/mol. The van der Waals surface area contributed by atoms with Crippen LogP contribution in [0.2, 0.25) is 0 Å². The van der Waals surface area contributed by atoms with Crippen LogP contribution in [0.15, 0.2) is 34.9 Å². The first-order valence-corrected chi connectivity index (χ1v) is 9.93. The number of benzene rings is 1. The summed E-state index contributed by atoms with van der Waals surface area (Å²) in [5, 5.41) is 0. The van der Waals surface area contributed by atoms with Crippen molar-refractivity contribution in [2.24, 2.45) is 5.92 Å². The molecule has 0 radical (unpaired) electrons. The number of amides is 1. The number of H-pyrrole nitrogens is 1. The largest absolute Gasteiger partial charge is 0.444 e. The Morgan fingerprint density at radius 2 is 2.00 bits per heavy atom. The van der Waals surface area contributed by atoms with Crippen LogP contribution in [0.25, 0.3) is 11.3 Å². The molecule has 1 unspecified atom stereocenters. The molecule has 2 fully saturated rings. The van der Waals surface area contributed by atoms with E-state index in [1.54, 1.807) is 0 Å². The van der Waals surface area contributed by atoms with Gasteiger partial charge in [0.2, 0.25) is 0 Å². The minimum atomic E-state index is -0.491. The zero-order valence-electron chi connectivity index (χ0n) is 15.3. The first-order chi connectivity index (χ1) is 12.3. The highest BCUT2D eigenvalue weighted by atomic mass is 79.9. The van der Waals surface area contributed by atoms with Gasteiger partial charge in [0.15, 0.2) is 0 Å². The summed E-state index contributed by atoms with van der Waals surface area (Å²) in [5.41, 5.74) is 1.56. The molecule has 1 aliphatic carbocycles. The fourth-order valence-corrected chi connectivity index (χ4v) is 4.44. The van der Waals surface area contributed by atoms with Gasteiger partial charge >= 0.3 is 6.09 Å². The molecule has 1 aliphatic heterocycles. The predicted molar refractivity (Wildman–Crippen MR) is 104 cm³/mol. The third-order valence-electron chi connectivity index (χ3n) is 5.22. The van der Waals surface area contributed by atoms with Crippen molar-refractivity contribution in [3.63, 3.8) is 0 Å². The number of carbonyl (C=O) groups is 1.